The summed E-state index contributed by atoms with van der Waals surface area (Å²) in [6.45, 7) is 6.49. The van der Waals surface area contributed by atoms with Crippen LogP contribution in [0.1, 0.15) is 41.6 Å². The lowest BCUT2D eigenvalue weighted by molar-refractivity contribution is -0.143. The van der Waals surface area contributed by atoms with Gasteiger partial charge in [0.2, 0.25) is 0 Å². The number of ether oxygens (including phenoxy) is 1. The molecule has 7 nitrogen and oxygen atoms in total. The number of H-pyrrole nitrogens is 1. The summed E-state index contributed by atoms with van der Waals surface area (Å²) < 4.78 is 45.0. The molecule has 0 aromatic carbocycles. The summed E-state index contributed by atoms with van der Waals surface area (Å²) in [5, 5.41) is 11.2. The van der Waals surface area contributed by atoms with Gasteiger partial charge < -0.3 is 4.74 Å². The lowest BCUT2D eigenvalue weighted by atomic mass is 10.0. The van der Waals surface area contributed by atoms with Crippen LogP contribution in [0.2, 0.25) is 0 Å². The SMILES string of the molecule is CCc1n[nH]c(CN2CCOCC2c2c(C)nn(CC(F)(F)F)c2C)n1. The molecule has 1 aliphatic heterocycles. The maximum atomic E-state index is 12.8. The molecule has 0 spiro atoms. The second-order valence-electron chi connectivity index (χ2n) is 6.47. The highest BCUT2D eigenvalue weighted by Crippen LogP contribution is 2.31. The molecule has 26 heavy (non-hydrogen) atoms. The Bertz CT molecular complexity index is 754. The summed E-state index contributed by atoms with van der Waals surface area (Å²) in [5.74, 6) is 1.49. The molecule has 1 atom stereocenters. The molecule has 0 radical (unpaired) electrons. The first-order valence-electron chi connectivity index (χ1n) is 8.61. The average molecular weight is 372 g/mol. The number of aromatic nitrogens is 5. The van der Waals surface area contributed by atoms with Gasteiger partial charge in [0.1, 0.15) is 18.2 Å². The molecule has 2 aromatic heterocycles. The van der Waals surface area contributed by atoms with Crippen LogP contribution in [0.3, 0.4) is 0 Å². The first-order chi connectivity index (χ1) is 12.3. The topological polar surface area (TPSA) is 71.9 Å². The Hall–Kier alpha value is -1.94. The highest BCUT2D eigenvalue weighted by molar-refractivity contribution is 5.29. The number of aryl methyl sites for hydroxylation is 2. The van der Waals surface area contributed by atoms with Crippen LogP contribution >= 0.6 is 0 Å². The van der Waals surface area contributed by atoms with E-state index in [-0.39, 0.29) is 6.04 Å². The van der Waals surface area contributed by atoms with Crippen LogP contribution in [0.4, 0.5) is 13.2 Å². The third-order valence-electron chi connectivity index (χ3n) is 4.59. The van der Waals surface area contributed by atoms with Gasteiger partial charge in [-0.05, 0) is 13.8 Å². The van der Waals surface area contributed by atoms with Gasteiger partial charge in [-0.25, -0.2) is 4.98 Å². The molecule has 2 aromatic rings. The van der Waals surface area contributed by atoms with Crippen LogP contribution in [0.25, 0.3) is 0 Å². The number of hydrogen-bond acceptors (Lipinski definition) is 5. The number of hydrogen-bond donors (Lipinski definition) is 1. The van der Waals surface area contributed by atoms with Crippen molar-refractivity contribution in [2.45, 2.75) is 52.5 Å². The zero-order chi connectivity index (χ0) is 18.9. The van der Waals surface area contributed by atoms with E-state index in [1.807, 2.05) is 6.92 Å². The second kappa shape index (κ2) is 7.36. The van der Waals surface area contributed by atoms with Crippen molar-refractivity contribution in [1.82, 2.24) is 29.9 Å². The fourth-order valence-corrected chi connectivity index (χ4v) is 3.37. The Morgan fingerprint density at radius 2 is 2.08 bits per heavy atom. The van der Waals surface area contributed by atoms with Gasteiger partial charge in [-0.1, -0.05) is 6.92 Å². The van der Waals surface area contributed by atoms with Crippen molar-refractivity contribution in [2.75, 3.05) is 19.8 Å². The molecule has 1 unspecified atom stereocenters. The highest BCUT2D eigenvalue weighted by Gasteiger charge is 2.34. The van der Waals surface area contributed by atoms with Gasteiger partial charge in [0.05, 0.1) is 31.5 Å². The Morgan fingerprint density at radius 3 is 2.73 bits per heavy atom. The lowest BCUT2D eigenvalue weighted by Gasteiger charge is -2.35. The Kier molecular flexibility index (Phi) is 5.33. The standard InChI is InChI=1S/C16H23F3N6O/c1-4-13-20-14(22-21-13)7-24-5-6-26-8-12(24)15-10(2)23-25(11(15)3)9-16(17,18)19/h12H,4-9H2,1-3H3,(H,20,21,22). The van der Waals surface area contributed by atoms with Crippen molar-refractivity contribution in [2.24, 2.45) is 0 Å². The van der Waals surface area contributed by atoms with Gasteiger partial charge >= 0.3 is 6.18 Å². The normalized spacial score (nSPS) is 19.2. The van der Waals surface area contributed by atoms with E-state index in [1.54, 1.807) is 13.8 Å². The maximum Gasteiger partial charge on any atom is 0.408 e. The second-order valence-corrected chi connectivity index (χ2v) is 6.47. The van der Waals surface area contributed by atoms with Crippen LogP contribution in [-0.4, -0.2) is 55.8 Å². The summed E-state index contributed by atoms with van der Waals surface area (Å²) in [6, 6.07) is -0.166. The van der Waals surface area contributed by atoms with E-state index in [1.165, 1.54) is 0 Å². The van der Waals surface area contributed by atoms with Gasteiger partial charge in [0, 0.05) is 24.2 Å². The molecule has 0 saturated carbocycles. The summed E-state index contributed by atoms with van der Waals surface area (Å²) in [7, 11) is 0. The van der Waals surface area contributed by atoms with E-state index >= 15 is 0 Å². The van der Waals surface area contributed by atoms with Crippen molar-refractivity contribution in [3.8, 4) is 0 Å². The Morgan fingerprint density at radius 1 is 1.31 bits per heavy atom. The first-order valence-corrected chi connectivity index (χ1v) is 8.61. The molecular weight excluding hydrogens is 349 g/mol. The summed E-state index contributed by atoms with van der Waals surface area (Å²) >= 11 is 0. The number of nitrogens with zero attached hydrogens (tertiary/aromatic N) is 5. The van der Waals surface area contributed by atoms with E-state index in [9.17, 15) is 13.2 Å². The maximum absolute atomic E-state index is 12.8. The third-order valence-corrected chi connectivity index (χ3v) is 4.59. The van der Waals surface area contributed by atoms with Gasteiger partial charge in [0.15, 0.2) is 0 Å². The Balaban J connectivity index is 1.85. The zero-order valence-corrected chi connectivity index (χ0v) is 15.1. The zero-order valence-electron chi connectivity index (χ0n) is 15.1. The number of rotatable bonds is 5. The van der Waals surface area contributed by atoms with E-state index in [0.717, 1.165) is 28.3 Å². The van der Waals surface area contributed by atoms with E-state index in [4.69, 9.17) is 4.74 Å². The molecule has 10 heteroatoms. The van der Waals surface area contributed by atoms with Crippen LogP contribution in [-0.2, 0) is 24.2 Å². The molecule has 1 fully saturated rings. The molecule has 144 valence electrons. The largest absolute Gasteiger partial charge is 0.408 e. The molecule has 1 N–H and O–H groups in total. The summed E-state index contributed by atoms with van der Waals surface area (Å²) in [6.07, 6.45) is -3.56. The van der Waals surface area contributed by atoms with E-state index in [0.29, 0.717) is 37.7 Å². The molecule has 1 aliphatic rings. The van der Waals surface area contributed by atoms with Gasteiger partial charge in [-0.15, -0.1) is 0 Å². The summed E-state index contributed by atoms with van der Waals surface area (Å²) in [4.78, 5) is 6.58. The average Bonchev–Trinajstić information content (AvgIpc) is 3.12. The fourth-order valence-electron chi connectivity index (χ4n) is 3.37. The number of nitrogens with one attached hydrogen (secondary N) is 1. The molecule has 0 aliphatic carbocycles. The fraction of sp³-hybridized carbons (Fsp3) is 0.688. The number of aromatic amines is 1. The molecule has 0 bridgehead atoms. The minimum absolute atomic E-state index is 0.166. The minimum atomic E-state index is -4.31. The first kappa shape index (κ1) is 18.8. The van der Waals surface area contributed by atoms with Crippen LogP contribution in [0.5, 0.6) is 0 Å². The van der Waals surface area contributed by atoms with Gasteiger partial charge in [-0.3, -0.25) is 14.7 Å². The van der Waals surface area contributed by atoms with Crippen molar-refractivity contribution in [3.05, 3.63) is 28.6 Å². The predicted octanol–water partition coefficient (Wildman–Crippen LogP) is 2.32. The van der Waals surface area contributed by atoms with Crippen LogP contribution < -0.4 is 0 Å². The third kappa shape index (κ3) is 4.07. The molecule has 3 heterocycles. The van der Waals surface area contributed by atoms with Crippen LogP contribution in [0.15, 0.2) is 0 Å². The molecule has 0 amide bonds. The minimum Gasteiger partial charge on any atom is -0.378 e. The molecular formula is C16H23F3N6O. The van der Waals surface area contributed by atoms with Crippen LogP contribution in [0, 0.1) is 13.8 Å². The van der Waals surface area contributed by atoms with E-state index < -0.39 is 12.7 Å². The van der Waals surface area contributed by atoms with Gasteiger partial charge in [0.25, 0.3) is 0 Å². The predicted molar refractivity (Wildman–Crippen MR) is 87.5 cm³/mol. The lowest BCUT2D eigenvalue weighted by Crippen LogP contribution is -2.39. The van der Waals surface area contributed by atoms with Crippen molar-refractivity contribution in [1.29, 1.82) is 0 Å². The molecule has 1 saturated heterocycles. The van der Waals surface area contributed by atoms with Crippen molar-refractivity contribution < 1.29 is 17.9 Å². The molecule has 3 rings (SSSR count). The smallest absolute Gasteiger partial charge is 0.378 e. The number of alkyl halides is 3. The number of halogens is 3. The van der Waals surface area contributed by atoms with Crippen molar-refractivity contribution in [3.63, 3.8) is 0 Å². The Labute approximate surface area is 149 Å². The summed E-state index contributed by atoms with van der Waals surface area (Å²) in [5.41, 5.74) is 1.91. The number of morpholine rings is 1. The monoisotopic (exact) mass is 372 g/mol. The quantitative estimate of drug-likeness (QED) is 0.872. The highest BCUT2D eigenvalue weighted by atomic mass is 19.4. The van der Waals surface area contributed by atoms with Gasteiger partial charge in [-0.2, -0.15) is 23.4 Å². The van der Waals surface area contributed by atoms with E-state index in [2.05, 4.69) is 25.2 Å². The van der Waals surface area contributed by atoms with Crippen molar-refractivity contribution >= 4 is 0 Å².